The zero-order chi connectivity index (χ0) is 33.3. The number of carbonyl (C=O) groups excluding carboxylic acids is 2. The number of benzene rings is 2. The molecule has 4 aromatic rings. The lowest BCUT2D eigenvalue weighted by atomic mass is 9.97. The van der Waals surface area contributed by atoms with E-state index in [2.05, 4.69) is 22.4 Å². The SMILES string of the molecule is CC(C)(C)OC(=O)NCC(=O)OCCOc1ccc(-c2c(C#N)c(N)nc(SCc3csc(-c4ccc(Cl)cc4)n3)c2C#N)cc1. The zero-order valence-corrected chi connectivity index (χ0v) is 27.5. The van der Waals surface area contributed by atoms with Crippen LogP contribution in [0.15, 0.2) is 58.9 Å². The lowest BCUT2D eigenvalue weighted by Gasteiger charge is -2.19. The van der Waals surface area contributed by atoms with Crippen molar-refractivity contribution in [1.82, 2.24) is 15.3 Å². The van der Waals surface area contributed by atoms with E-state index >= 15 is 0 Å². The van der Waals surface area contributed by atoms with Crippen molar-refractivity contribution in [3.05, 3.63) is 75.8 Å². The number of carbonyl (C=O) groups is 2. The number of pyridine rings is 1. The maximum absolute atomic E-state index is 11.9. The highest BCUT2D eigenvalue weighted by Gasteiger charge is 2.21. The molecule has 0 bridgehead atoms. The number of nitrogens with one attached hydrogen (secondary N) is 1. The molecule has 0 aliphatic heterocycles. The molecule has 2 aromatic carbocycles. The summed E-state index contributed by atoms with van der Waals surface area (Å²) in [6, 6.07) is 18.4. The summed E-state index contributed by atoms with van der Waals surface area (Å²) in [7, 11) is 0. The summed E-state index contributed by atoms with van der Waals surface area (Å²) in [4.78, 5) is 32.6. The van der Waals surface area contributed by atoms with Crippen LogP contribution in [-0.4, -0.2) is 47.4 Å². The number of esters is 1. The van der Waals surface area contributed by atoms with Gasteiger partial charge in [-0.15, -0.1) is 11.3 Å². The minimum atomic E-state index is -0.718. The fourth-order valence-electron chi connectivity index (χ4n) is 3.97. The molecule has 0 radical (unpaired) electrons. The summed E-state index contributed by atoms with van der Waals surface area (Å²) < 4.78 is 15.8. The Kier molecular flexibility index (Phi) is 11.4. The monoisotopic (exact) mass is 676 g/mol. The number of thiazole rings is 1. The van der Waals surface area contributed by atoms with E-state index in [1.807, 2.05) is 29.6 Å². The molecule has 0 spiro atoms. The average Bonchev–Trinajstić information content (AvgIpc) is 3.49. The van der Waals surface area contributed by atoms with E-state index in [0.29, 0.717) is 32.7 Å². The number of rotatable bonds is 11. The Morgan fingerprint density at radius 3 is 2.33 bits per heavy atom. The predicted octanol–water partition coefficient (Wildman–Crippen LogP) is 6.59. The number of alkyl carbamates (subject to hydrolysis) is 1. The van der Waals surface area contributed by atoms with Gasteiger partial charge < -0.3 is 25.3 Å². The minimum absolute atomic E-state index is 0.0161. The molecule has 0 unspecified atom stereocenters. The molecule has 0 aliphatic rings. The summed E-state index contributed by atoms with van der Waals surface area (Å²) >= 11 is 8.80. The molecule has 0 fully saturated rings. The van der Waals surface area contributed by atoms with Crippen LogP contribution in [0.25, 0.3) is 21.7 Å². The van der Waals surface area contributed by atoms with Gasteiger partial charge in [-0.3, -0.25) is 4.79 Å². The number of hydrogen-bond donors (Lipinski definition) is 2. The number of amides is 1. The van der Waals surface area contributed by atoms with Crippen LogP contribution in [0, 0.1) is 22.7 Å². The van der Waals surface area contributed by atoms with Crippen LogP contribution in [0.3, 0.4) is 0 Å². The van der Waals surface area contributed by atoms with Crippen molar-refractivity contribution < 1.29 is 23.8 Å². The fraction of sp³-hybridized carbons (Fsp3) is 0.250. The summed E-state index contributed by atoms with van der Waals surface area (Å²) in [5.74, 6) is 0.284. The van der Waals surface area contributed by atoms with Crippen molar-refractivity contribution in [3.63, 3.8) is 0 Å². The van der Waals surface area contributed by atoms with Crippen LogP contribution in [-0.2, 0) is 20.0 Å². The molecule has 2 heterocycles. The fourth-order valence-corrected chi connectivity index (χ4v) is 5.92. The molecular formula is C32H29ClN6O5S2. The molecule has 14 heteroatoms. The second-order valence-electron chi connectivity index (χ2n) is 10.5. The third-order valence-electron chi connectivity index (χ3n) is 5.95. The highest BCUT2D eigenvalue weighted by Crippen LogP contribution is 2.37. The van der Waals surface area contributed by atoms with Gasteiger partial charge in [-0.05, 0) is 50.6 Å². The second kappa shape index (κ2) is 15.5. The number of thioether (sulfide) groups is 1. The summed E-state index contributed by atoms with van der Waals surface area (Å²) in [5, 5.41) is 26.1. The lowest BCUT2D eigenvalue weighted by molar-refractivity contribution is -0.143. The number of nitrogens with two attached hydrogens (primary N) is 1. The standard InChI is InChI=1S/C32H29ClN6O5S2/c1-32(2,3)44-31(41)37-16-26(40)43-13-12-42-23-10-6-19(7-11-23)27-24(14-34)28(36)39-30(25(27)15-35)46-18-22-17-45-29(38-22)20-4-8-21(33)9-5-20/h4-11,17H,12-13,16,18H2,1-3H3,(H2,36,39)(H,37,41). The maximum Gasteiger partial charge on any atom is 0.408 e. The van der Waals surface area contributed by atoms with E-state index in [1.165, 1.54) is 23.1 Å². The molecule has 0 aliphatic carbocycles. The van der Waals surface area contributed by atoms with E-state index in [9.17, 15) is 20.1 Å². The number of nitrogen functional groups attached to an aromatic ring is 1. The molecule has 0 atom stereocenters. The van der Waals surface area contributed by atoms with Crippen LogP contribution >= 0.6 is 34.7 Å². The Labute approximate surface area is 279 Å². The van der Waals surface area contributed by atoms with E-state index in [4.69, 9.17) is 36.5 Å². The minimum Gasteiger partial charge on any atom is -0.490 e. The van der Waals surface area contributed by atoms with Gasteiger partial charge in [-0.25, -0.2) is 14.8 Å². The van der Waals surface area contributed by atoms with Gasteiger partial charge in [0.05, 0.1) is 11.3 Å². The van der Waals surface area contributed by atoms with Gasteiger partial charge in [0.2, 0.25) is 0 Å². The second-order valence-corrected chi connectivity index (χ2v) is 12.8. The molecule has 1 amide bonds. The van der Waals surface area contributed by atoms with Crippen molar-refractivity contribution >= 4 is 52.6 Å². The average molecular weight is 677 g/mol. The topological polar surface area (TPSA) is 173 Å². The van der Waals surface area contributed by atoms with Gasteiger partial charge >= 0.3 is 12.1 Å². The van der Waals surface area contributed by atoms with Gasteiger partial charge in [0.1, 0.15) is 64.7 Å². The summed E-state index contributed by atoms with van der Waals surface area (Å²) in [5.41, 5.74) is 8.53. The van der Waals surface area contributed by atoms with Gasteiger partial charge in [-0.1, -0.05) is 47.6 Å². The van der Waals surface area contributed by atoms with Crippen molar-refractivity contribution in [3.8, 4) is 39.6 Å². The van der Waals surface area contributed by atoms with Crippen LogP contribution in [0.4, 0.5) is 10.6 Å². The Bertz CT molecular complexity index is 1790. The quantitative estimate of drug-likeness (QED) is 0.0996. The van der Waals surface area contributed by atoms with Gasteiger partial charge in [0.15, 0.2) is 0 Å². The van der Waals surface area contributed by atoms with E-state index in [0.717, 1.165) is 16.3 Å². The summed E-state index contributed by atoms with van der Waals surface area (Å²) in [6.07, 6.45) is -0.718. The Morgan fingerprint density at radius 1 is 1.00 bits per heavy atom. The van der Waals surface area contributed by atoms with E-state index in [1.54, 1.807) is 45.0 Å². The van der Waals surface area contributed by atoms with Crippen LogP contribution in [0.5, 0.6) is 5.75 Å². The van der Waals surface area contributed by atoms with Crippen molar-refractivity contribution in [1.29, 1.82) is 10.5 Å². The predicted molar refractivity (Wildman–Crippen MR) is 176 cm³/mol. The van der Waals surface area contributed by atoms with Crippen molar-refractivity contribution in [2.24, 2.45) is 0 Å². The first-order valence-corrected chi connectivity index (χ1v) is 16.0. The third-order valence-corrected chi connectivity index (χ3v) is 8.15. The van der Waals surface area contributed by atoms with Crippen molar-refractivity contribution in [2.45, 2.75) is 37.2 Å². The number of aromatic nitrogens is 2. The number of nitrogens with zero attached hydrogens (tertiary/aromatic N) is 4. The van der Waals surface area contributed by atoms with Crippen LogP contribution in [0.2, 0.25) is 5.02 Å². The maximum atomic E-state index is 11.9. The highest BCUT2D eigenvalue weighted by molar-refractivity contribution is 7.98. The first-order valence-electron chi connectivity index (χ1n) is 13.8. The van der Waals surface area contributed by atoms with Crippen molar-refractivity contribution in [2.75, 3.05) is 25.5 Å². The Hall–Kier alpha value is -4.82. The molecule has 0 saturated carbocycles. The largest absolute Gasteiger partial charge is 0.490 e. The molecule has 0 saturated heterocycles. The van der Waals surface area contributed by atoms with Gasteiger partial charge in [0, 0.05) is 27.3 Å². The Balaban J connectivity index is 1.39. The number of hydrogen-bond acceptors (Lipinski definition) is 12. The lowest BCUT2D eigenvalue weighted by Crippen LogP contribution is -2.36. The molecule has 2 aromatic heterocycles. The molecule has 3 N–H and O–H groups in total. The normalized spacial score (nSPS) is 10.8. The van der Waals surface area contributed by atoms with E-state index in [-0.39, 0.29) is 36.7 Å². The zero-order valence-electron chi connectivity index (χ0n) is 25.1. The summed E-state index contributed by atoms with van der Waals surface area (Å²) in [6.45, 7) is 4.82. The number of ether oxygens (including phenoxy) is 3. The van der Waals surface area contributed by atoms with E-state index < -0.39 is 17.7 Å². The third kappa shape index (κ3) is 9.34. The number of nitriles is 2. The van der Waals surface area contributed by atoms with Crippen LogP contribution in [0.1, 0.15) is 37.6 Å². The molecule has 11 nitrogen and oxygen atoms in total. The first kappa shape index (κ1) is 34.1. The Morgan fingerprint density at radius 2 is 1.67 bits per heavy atom. The van der Waals surface area contributed by atoms with Gasteiger partial charge in [-0.2, -0.15) is 10.5 Å². The van der Waals surface area contributed by atoms with Gasteiger partial charge in [0.25, 0.3) is 0 Å². The number of anilines is 1. The molecule has 4 rings (SSSR count). The van der Waals surface area contributed by atoms with Crippen LogP contribution < -0.4 is 15.8 Å². The highest BCUT2D eigenvalue weighted by atomic mass is 35.5. The smallest absolute Gasteiger partial charge is 0.408 e. The molecule has 46 heavy (non-hydrogen) atoms. The molecular weight excluding hydrogens is 648 g/mol. The molecule has 236 valence electrons. The number of halogens is 1. The first-order chi connectivity index (χ1) is 22.0.